The molecule has 2 N–H and O–H groups in total. The quantitative estimate of drug-likeness (QED) is 0.216. The van der Waals surface area contributed by atoms with Gasteiger partial charge < -0.3 is 20.3 Å². The number of fused-ring (bicyclic) bond motifs is 1. The van der Waals surface area contributed by atoms with Gasteiger partial charge in [-0.25, -0.2) is 14.6 Å². The SMILES string of the molecule is CCOC(=O)c1ccc(NC(=O)N[C@@H]2N=C(c3ccccc3)c3ccccc3N(CC(=O)c3ccccc3C)C2=O)cc1. The summed E-state index contributed by atoms with van der Waals surface area (Å²) >= 11 is 0. The van der Waals surface area contributed by atoms with Crippen molar-refractivity contribution in [3.63, 3.8) is 0 Å². The van der Waals surface area contributed by atoms with Gasteiger partial charge >= 0.3 is 12.0 Å². The van der Waals surface area contributed by atoms with E-state index in [1.165, 1.54) is 17.0 Å². The molecule has 0 bridgehead atoms. The predicted octanol–water partition coefficient (Wildman–Crippen LogP) is 5.39. The van der Waals surface area contributed by atoms with Crippen molar-refractivity contribution in [2.75, 3.05) is 23.4 Å². The lowest BCUT2D eigenvalue weighted by atomic mass is 9.99. The van der Waals surface area contributed by atoms with E-state index in [1.807, 2.05) is 61.5 Å². The zero-order chi connectivity index (χ0) is 30.3. The minimum absolute atomic E-state index is 0.241. The maximum absolute atomic E-state index is 14.1. The van der Waals surface area contributed by atoms with Gasteiger partial charge in [0.1, 0.15) is 0 Å². The Hall–Kier alpha value is -5.57. The van der Waals surface area contributed by atoms with Gasteiger partial charge in [-0.2, -0.15) is 0 Å². The molecule has 1 heterocycles. The maximum atomic E-state index is 14.1. The summed E-state index contributed by atoms with van der Waals surface area (Å²) in [6, 6.07) is 29.3. The first-order chi connectivity index (χ1) is 20.9. The molecule has 1 aliphatic heterocycles. The Morgan fingerprint density at radius 2 is 1.53 bits per heavy atom. The zero-order valence-electron chi connectivity index (χ0n) is 23.7. The van der Waals surface area contributed by atoms with E-state index >= 15 is 0 Å². The number of aryl methyl sites for hydroxylation is 1. The third-order valence-corrected chi connectivity index (χ3v) is 6.92. The smallest absolute Gasteiger partial charge is 0.338 e. The highest BCUT2D eigenvalue weighted by Crippen LogP contribution is 2.29. The first-order valence-corrected chi connectivity index (χ1v) is 13.8. The number of ketones is 1. The standard InChI is InChI=1S/C34H30N4O5/c1-3-43-33(41)24-17-19-25(20-18-24)35-34(42)37-31-32(40)38(21-29(39)26-14-8-7-11-22(26)2)28-16-10-9-15-27(28)30(36-31)23-12-5-4-6-13-23/h4-20,31H,3,21H2,1-2H3,(H2,35,37,42)/t31-/m0/s1. The fourth-order valence-electron chi connectivity index (χ4n) is 4.82. The van der Waals surface area contributed by atoms with Crippen LogP contribution in [0.4, 0.5) is 16.2 Å². The Bertz CT molecular complexity index is 1700. The van der Waals surface area contributed by atoms with Crippen molar-refractivity contribution in [2.24, 2.45) is 4.99 Å². The van der Waals surface area contributed by atoms with E-state index in [1.54, 1.807) is 43.3 Å². The van der Waals surface area contributed by atoms with Crippen molar-refractivity contribution in [1.82, 2.24) is 5.32 Å². The fourth-order valence-corrected chi connectivity index (χ4v) is 4.82. The van der Waals surface area contributed by atoms with Crippen LogP contribution in [0, 0.1) is 6.92 Å². The highest BCUT2D eigenvalue weighted by atomic mass is 16.5. The molecule has 0 aliphatic carbocycles. The van der Waals surface area contributed by atoms with Gasteiger partial charge in [-0.1, -0.05) is 72.8 Å². The van der Waals surface area contributed by atoms with Crippen LogP contribution in [0.2, 0.25) is 0 Å². The topological polar surface area (TPSA) is 117 Å². The second-order valence-corrected chi connectivity index (χ2v) is 9.82. The summed E-state index contributed by atoms with van der Waals surface area (Å²) in [5, 5.41) is 5.36. The number of rotatable bonds is 8. The largest absolute Gasteiger partial charge is 0.462 e. The van der Waals surface area contributed by atoms with Gasteiger partial charge in [-0.05, 0) is 49.7 Å². The molecule has 9 nitrogen and oxygen atoms in total. The average Bonchev–Trinajstić information content (AvgIpc) is 3.13. The molecule has 0 unspecified atom stereocenters. The number of carbonyl (C=O) groups excluding carboxylic acids is 4. The number of hydrogen-bond acceptors (Lipinski definition) is 6. The molecule has 0 spiro atoms. The van der Waals surface area contributed by atoms with Crippen LogP contribution < -0.4 is 15.5 Å². The number of nitrogens with zero attached hydrogens (tertiary/aromatic N) is 2. The second-order valence-electron chi connectivity index (χ2n) is 9.82. The number of esters is 1. The number of nitrogens with one attached hydrogen (secondary N) is 2. The number of aliphatic imine (C=N–C) groups is 1. The van der Waals surface area contributed by atoms with Crippen molar-refractivity contribution in [2.45, 2.75) is 20.0 Å². The van der Waals surface area contributed by atoms with E-state index in [4.69, 9.17) is 9.73 Å². The lowest BCUT2D eigenvalue weighted by Gasteiger charge is -2.25. The number of hydrogen-bond donors (Lipinski definition) is 2. The van der Waals surface area contributed by atoms with E-state index in [-0.39, 0.29) is 18.9 Å². The van der Waals surface area contributed by atoms with Crippen LogP contribution in [0.3, 0.4) is 0 Å². The van der Waals surface area contributed by atoms with Crippen molar-refractivity contribution >= 4 is 40.8 Å². The molecule has 0 fully saturated rings. The molecule has 4 aromatic rings. The van der Waals surface area contributed by atoms with E-state index in [0.717, 1.165) is 11.1 Å². The molecule has 43 heavy (non-hydrogen) atoms. The Balaban J connectivity index is 1.47. The molecular formula is C34H30N4O5. The number of benzodiazepines with no additional fused rings is 1. The molecule has 1 aliphatic rings. The number of Topliss-reactive ketones (excluding diaryl/α,β-unsaturated/α-hetero) is 1. The predicted molar refractivity (Wildman–Crippen MR) is 165 cm³/mol. The molecule has 1 atom stereocenters. The first-order valence-electron chi connectivity index (χ1n) is 13.8. The Labute approximate surface area is 249 Å². The van der Waals surface area contributed by atoms with Crippen molar-refractivity contribution in [1.29, 1.82) is 0 Å². The van der Waals surface area contributed by atoms with Crippen LogP contribution in [0.5, 0.6) is 0 Å². The summed E-state index contributed by atoms with van der Waals surface area (Å²) in [6.45, 7) is 3.57. The van der Waals surface area contributed by atoms with Gasteiger partial charge in [-0.3, -0.25) is 9.59 Å². The Morgan fingerprint density at radius 1 is 0.860 bits per heavy atom. The van der Waals surface area contributed by atoms with Crippen LogP contribution >= 0.6 is 0 Å². The summed E-state index contributed by atoms with van der Waals surface area (Å²) in [5.41, 5.74) is 4.46. The molecule has 0 aromatic heterocycles. The number of carbonyl (C=O) groups is 4. The van der Waals surface area contributed by atoms with Crippen molar-refractivity contribution < 1.29 is 23.9 Å². The van der Waals surface area contributed by atoms with Gasteiger partial charge in [-0.15, -0.1) is 0 Å². The Morgan fingerprint density at radius 3 is 2.26 bits per heavy atom. The van der Waals surface area contributed by atoms with E-state index in [0.29, 0.717) is 33.8 Å². The van der Waals surface area contributed by atoms with Gasteiger partial charge in [0.25, 0.3) is 5.91 Å². The number of amides is 3. The molecular weight excluding hydrogens is 544 g/mol. The lowest BCUT2D eigenvalue weighted by molar-refractivity contribution is -0.120. The summed E-state index contributed by atoms with van der Waals surface area (Å²) in [6.07, 6.45) is -1.34. The summed E-state index contributed by atoms with van der Waals surface area (Å²) < 4.78 is 5.00. The number of ether oxygens (including phenoxy) is 1. The van der Waals surface area contributed by atoms with Crippen molar-refractivity contribution in [3.05, 3.63) is 131 Å². The monoisotopic (exact) mass is 574 g/mol. The van der Waals surface area contributed by atoms with Crippen LogP contribution in [-0.4, -0.2) is 48.7 Å². The Kier molecular flexibility index (Phi) is 8.71. The molecule has 0 saturated heterocycles. The third kappa shape index (κ3) is 6.51. The third-order valence-electron chi connectivity index (χ3n) is 6.92. The first kappa shape index (κ1) is 28.9. The molecule has 0 saturated carbocycles. The summed E-state index contributed by atoms with van der Waals surface area (Å²) in [4.78, 5) is 58.8. The highest BCUT2D eigenvalue weighted by Gasteiger charge is 2.34. The molecule has 216 valence electrons. The number of urea groups is 1. The fraction of sp³-hybridized carbons (Fsp3) is 0.147. The number of para-hydroxylation sites is 1. The summed E-state index contributed by atoms with van der Waals surface area (Å²) in [5.74, 6) is -1.27. The van der Waals surface area contributed by atoms with Crippen LogP contribution in [-0.2, 0) is 9.53 Å². The van der Waals surface area contributed by atoms with Crippen LogP contribution in [0.1, 0.15) is 44.3 Å². The number of benzene rings is 4. The average molecular weight is 575 g/mol. The van der Waals surface area contributed by atoms with E-state index in [9.17, 15) is 19.2 Å². The molecule has 4 aromatic carbocycles. The van der Waals surface area contributed by atoms with Gasteiger partial charge in [0.15, 0.2) is 5.78 Å². The van der Waals surface area contributed by atoms with E-state index < -0.39 is 24.1 Å². The molecule has 5 rings (SSSR count). The molecule has 9 heteroatoms. The minimum Gasteiger partial charge on any atom is -0.462 e. The normalized spacial score (nSPS) is 14.2. The van der Waals surface area contributed by atoms with Gasteiger partial charge in [0.05, 0.1) is 30.1 Å². The highest BCUT2D eigenvalue weighted by molar-refractivity contribution is 6.21. The summed E-state index contributed by atoms with van der Waals surface area (Å²) in [7, 11) is 0. The van der Waals surface area contributed by atoms with Crippen molar-refractivity contribution in [3.8, 4) is 0 Å². The molecule has 0 radical (unpaired) electrons. The van der Waals surface area contributed by atoms with Crippen LogP contribution in [0.15, 0.2) is 108 Å². The second kappa shape index (κ2) is 12.9. The maximum Gasteiger partial charge on any atom is 0.338 e. The zero-order valence-corrected chi connectivity index (χ0v) is 23.7. The van der Waals surface area contributed by atoms with Gasteiger partial charge in [0.2, 0.25) is 6.17 Å². The lowest BCUT2D eigenvalue weighted by Crippen LogP contribution is -2.50. The van der Waals surface area contributed by atoms with Gasteiger partial charge in [0, 0.05) is 22.4 Å². The number of anilines is 2. The minimum atomic E-state index is -1.34. The van der Waals surface area contributed by atoms with E-state index in [2.05, 4.69) is 10.6 Å². The van der Waals surface area contributed by atoms with Crippen LogP contribution in [0.25, 0.3) is 0 Å². The molecule has 3 amide bonds.